The summed E-state index contributed by atoms with van der Waals surface area (Å²) in [6.45, 7) is 0. The van der Waals surface area contributed by atoms with Crippen LogP contribution in [0, 0.1) is 0 Å². The van der Waals surface area contributed by atoms with Crippen LogP contribution in [0.4, 0.5) is 18.9 Å². The zero-order valence-corrected chi connectivity index (χ0v) is 15.3. The van der Waals surface area contributed by atoms with Gasteiger partial charge in [0.1, 0.15) is 17.5 Å². The fourth-order valence-electron chi connectivity index (χ4n) is 3.10. The molecule has 3 N–H and O–H groups in total. The maximum Gasteiger partial charge on any atom is 0.418 e. The van der Waals surface area contributed by atoms with E-state index in [4.69, 9.17) is 9.47 Å². The average molecular weight is 395 g/mol. The lowest BCUT2D eigenvalue weighted by Gasteiger charge is -2.16. The molecule has 0 radical (unpaired) electrons. The van der Waals surface area contributed by atoms with Crippen LogP contribution in [0.5, 0.6) is 11.5 Å². The van der Waals surface area contributed by atoms with Crippen molar-refractivity contribution >= 4 is 11.6 Å². The summed E-state index contributed by atoms with van der Waals surface area (Å²) in [6.07, 6.45) is -4.22. The van der Waals surface area contributed by atoms with Crippen molar-refractivity contribution in [3.05, 3.63) is 53.6 Å². The molecular weight excluding hydrogens is 375 g/mol. The molecule has 0 bridgehead atoms. The van der Waals surface area contributed by atoms with Crippen molar-refractivity contribution in [3.8, 4) is 11.5 Å². The van der Waals surface area contributed by atoms with Gasteiger partial charge in [-0.1, -0.05) is 18.2 Å². The van der Waals surface area contributed by atoms with Gasteiger partial charge in [0.25, 0.3) is 0 Å². The van der Waals surface area contributed by atoms with Gasteiger partial charge in [0.05, 0.1) is 31.5 Å². The van der Waals surface area contributed by atoms with Crippen LogP contribution in [0.1, 0.15) is 23.6 Å². The van der Waals surface area contributed by atoms with E-state index in [1.807, 2.05) is 6.07 Å². The summed E-state index contributed by atoms with van der Waals surface area (Å²) < 4.78 is 49.8. The van der Waals surface area contributed by atoms with E-state index in [0.29, 0.717) is 17.9 Å². The lowest BCUT2D eigenvalue weighted by Crippen LogP contribution is -2.39. The van der Waals surface area contributed by atoms with Gasteiger partial charge in [-0.15, -0.1) is 0 Å². The minimum absolute atomic E-state index is 0.255. The highest BCUT2D eigenvalue weighted by Gasteiger charge is 2.36. The minimum Gasteiger partial charge on any atom is -0.497 e. The molecule has 3 rings (SSSR count). The van der Waals surface area contributed by atoms with Gasteiger partial charge >= 0.3 is 6.18 Å². The maximum absolute atomic E-state index is 13.1. The van der Waals surface area contributed by atoms with Crippen molar-refractivity contribution in [2.45, 2.75) is 24.7 Å². The monoisotopic (exact) mass is 395 g/mol. The lowest BCUT2D eigenvalue weighted by molar-refractivity contribution is -0.137. The van der Waals surface area contributed by atoms with Gasteiger partial charge < -0.3 is 14.8 Å². The Morgan fingerprint density at radius 1 is 1.11 bits per heavy atom. The van der Waals surface area contributed by atoms with Gasteiger partial charge in [-0.25, -0.2) is 10.9 Å². The van der Waals surface area contributed by atoms with E-state index in [1.54, 1.807) is 19.2 Å². The predicted octanol–water partition coefficient (Wildman–Crippen LogP) is 3.27. The molecule has 1 saturated heterocycles. The van der Waals surface area contributed by atoms with Crippen LogP contribution in [0.3, 0.4) is 0 Å². The van der Waals surface area contributed by atoms with Crippen molar-refractivity contribution in [2.75, 3.05) is 19.5 Å². The van der Waals surface area contributed by atoms with E-state index < -0.39 is 23.7 Å². The summed E-state index contributed by atoms with van der Waals surface area (Å²) in [5, 5.41) is 2.37. The molecule has 1 fully saturated rings. The van der Waals surface area contributed by atoms with Crippen molar-refractivity contribution in [1.29, 1.82) is 0 Å². The number of alkyl halides is 3. The molecule has 0 saturated carbocycles. The fraction of sp³-hybridized carbons (Fsp3) is 0.316. The van der Waals surface area contributed by atoms with Crippen LogP contribution in [0.25, 0.3) is 0 Å². The third kappa shape index (κ3) is 4.20. The van der Waals surface area contributed by atoms with E-state index in [2.05, 4.69) is 16.2 Å². The van der Waals surface area contributed by atoms with Gasteiger partial charge in [-0.05, 0) is 24.6 Å². The minimum atomic E-state index is -4.55. The quantitative estimate of drug-likeness (QED) is 0.725. The van der Waals surface area contributed by atoms with Crippen LogP contribution in [-0.4, -0.2) is 26.2 Å². The number of hydrazine groups is 1. The summed E-state index contributed by atoms with van der Waals surface area (Å²) in [5.74, 6) is 0.658. The van der Waals surface area contributed by atoms with E-state index in [9.17, 15) is 18.0 Å². The van der Waals surface area contributed by atoms with Crippen LogP contribution in [0.2, 0.25) is 0 Å². The molecule has 2 unspecified atom stereocenters. The highest BCUT2D eigenvalue weighted by molar-refractivity contribution is 5.95. The third-order valence-corrected chi connectivity index (χ3v) is 4.53. The van der Waals surface area contributed by atoms with Gasteiger partial charge in [-0.3, -0.25) is 4.79 Å². The number of hydrogen-bond acceptors (Lipinski definition) is 5. The highest BCUT2D eigenvalue weighted by atomic mass is 19.4. The van der Waals surface area contributed by atoms with Gasteiger partial charge in [-0.2, -0.15) is 13.2 Å². The van der Waals surface area contributed by atoms with Crippen LogP contribution >= 0.6 is 0 Å². The zero-order chi connectivity index (χ0) is 20.3. The smallest absolute Gasteiger partial charge is 0.418 e. The van der Waals surface area contributed by atoms with Crippen LogP contribution < -0.4 is 25.6 Å². The van der Waals surface area contributed by atoms with Gasteiger partial charge in [0, 0.05) is 11.6 Å². The second kappa shape index (κ2) is 8.07. The summed E-state index contributed by atoms with van der Waals surface area (Å²) >= 11 is 0. The Morgan fingerprint density at radius 2 is 1.86 bits per heavy atom. The maximum atomic E-state index is 13.1. The molecule has 2 atom stereocenters. The van der Waals surface area contributed by atoms with Gasteiger partial charge in [0.2, 0.25) is 5.91 Å². The second-order valence-corrected chi connectivity index (χ2v) is 6.27. The Morgan fingerprint density at radius 3 is 2.54 bits per heavy atom. The number of rotatable bonds is 5. The Hall–Kier alpha value is -2.78. The third-order valence-electron chi connectivity index (χ3n) is 4.53. The molecule has 2 aromatic rings. The summed E-state index contributed by atoms with van der Waals surface area (Å²) in [4.78, 5) is 12.5. The SMILES string of the molecule is COc1ccc(C2CC(C(=O)Nc3ccccc3C(F)(F)F)NN2)c(OC)c1. The number of amides is 1. The molecule has 150 valence electrons. The molecule has 1 aliphatic heterocycles. The van der Waals surface area contributed by atoms with E-state index in [1.165, 1.54) is 25.3 Å². The molecular formula is C19H20F3N3O3. The van der Waals surface area contributed by atoms with E-state index >= 15 is 0 Å². The molecule has 2 aromatic carbocycles. The first kappa shape index (κ1) is 20.0. The van der Waals surface area contributed by atoms with Crippen LogP contribution in [0.15, 0.2) is 42.5 Å². The van der Waals surface area contributed by atoms with Crippen molar-refractivity contribution in [1.82, 2.24) is 10.9 Å². The first-order chi connectivity index (χ1) is 13.3. The predicted molar refractivity (Wildman–Crippen MR) is 97.0 cm³/mol. The number of carbonyl (C=O) groups is 1. The Balaban J connectivity index is 1.72. The Labute approximate surface area is 160 Å². The topological polar surface area (TPSA) is 71.6 Å². The summed E-state index contributed by atoms with van der Waals surface area (Å²) in [7, 11) is 3.07. The first-order valence-corrected chi connectivity index (χ1v) is 8.53. The molecule has 1 amide bonds. The number of halogens is 3. The number of nitrogens with one attached hydrogen (secondary N) is 3. The Bertz CT molecular complexity index is 858. The largest absolute Gasteiger partial charge is 0.497 e. The first-order valence-electron chi connectivity index (χ1n) is 8.53. The number of para-hydroxylation sites is 1. The fourth-order valence-corrected chi connectivity index (χ4v) is 3.10. The molecule has 1 aliphatic rings. The van der Waals surface area contributed by atoms with E-state index in [0.717, 1.165) is 11.6 Å². The molecule has 0 aromatic heterocycles. The number of methoxy groups -OCH3 is 2. The standard InChI is InChI=1S/C19H20F3N3O3/c1-27-11-7-8-12(17(9-11)28-2)15-10-16(25-24-15)18(26)23-14-6-4-3-5-13(14)19(20,21)22/h3-9,15-16,24-25H,10H2,1-2H3,(H,23,26). The van der Waals surface area contributed by atoms with Crippen molar-refractivity contribution in [3.63, 3.8) is 0 Å². The van der Waals surface area contributed by atoms with Gasteiger partial charge in [0.15, 0.2) is 0 Å². The Kier molecular flexibility index (Phi) is 5.76. The number of carbonyl (C=O) groups excluding carboxylic acids is 1. The number of ether oxygens (including phenoxy) is 2. The summed E-state index contributed by atoms with van der Waals surface area (Å²) in [6, 6.07) is 9.23. The molecule has 0 aliphatic carbocycles. The molecule has 6 nitrogen and oxygen atoms in total. The summed E-state index contributed by atoms with van der Waals surface area (Å²) in [5.41, 5.74) is 5.48. The second-order valence-electron chi connectivity index (χ2n) is 6.27. The number of benzene rings is 2. The van der Waals surface area contributed by atoms with E-state index in [-0.39, 0.29) is 11.7 Å². The van der Waals surface area contributed by atoms with Crippen molar-refractivity contribution in [2.24, 2.45) is 0 Å². The van der Waals surface area contributed by atoms with Crippen molar-refractivity contribution < 1.29 is 27.4 Å². The number of anilines is 1. The zero-order valence-electron chi connectivity index (χ0n) is 15.3. The highest BCUT2D eigenvalue weighted by Crippen LogP contribution is 2.36. The molecule has 9 heteroatoms. The molecule has 0 spiro atoms. The van der Waals surface area contributed by atoms with Crippen LogP contribution in [-0.2, 0) is 11.0 Å². The average Bonchev–Trinajstić information content (AvgIpc) is 3.17. The molecule has 28 heavy (non-hydrogen) atoms. The number of hydrogen-bond donors (Lipinski definition) is 3. The molecule has 1 heterocycles. The normalized spacial score (nSPS) is 19.3. The lowest BCUT2D eigenvalue weighted by atomic mass is 10.0.